The maximum atomic E-state index is 5.52. The lowest BCUT2D eigenvalue weighted by Crippen LogP contribution is -2.46. The number of hydrogen-bond donors (Lipinski definition) is 1. The zero-order chi connectivity index (χ0) is 21.5. The summed E-state index contributed by atoms with van der Waals surface area (Å²) in [6.07, 6.45) is 5.27. The molecule has 4 rings (SSSR count). The van der Waals surface area contributed by atoms with E-state index in [9.17, 15) is 0 Å². The molecule has 6 nitrogen and oxygen atoms in total. The van der Waals surface area contributed by atoms with Gasteiger partial charge in [-0.15, -0.1) is 0 Å². The van der Waals surface area contributed by atoms with E-state index in [1.54, 1.807) is 0 Å². The summed E-state index contributed by atoms with van der Waals surface area (Å²) in [5.41, 5.74) is 2.70. The Bertz CT molecular complexity index is 700. The first-order valence-electron chi connectivity index (χ1n) is 12.4. The summed E-state index contributed by atoms with van der Waals surface area (Å²) in [5.74, 6) is 1.06. The van der Waals surface area contributed by atoms with E-state index in [1.807, 2.05) is 0 Å². The van der Waals surface area contributed by atoms with Crippen LogP contribution in [0.3, 0.4) is 0 Å². The van der Waals surface area contributed by atoms with Gasteiger partial charge in [0, 0.05) is 51.4 Å². The number of likely N-dealkylation sites (tertiary alicyclic amines) is 2. The Kier molecular flexibility index (Phi) is 8.22. The zero-order valence-corrected chi connectivity index (χ0v) is 19.6. The predicted octanol–water partition coefficient (Wildman–Crippen LogP) is 2.93. The van der Waals surface area contributed by atoms with E-state index >= 15 is 0 Å². The number of ether oxygens (including phenoxy) is 1. The second-order valence-corrected chi connectivity index (χ2v) is 9.34. The molecule has 2 unspecified atom stereocenters. The van der Waals surface area contributed by atoms with Crippen LogP contribution < -0.4 is 5.32 Å². The molecule has 0 spiro atoms. The minimum atomic E-state index is 0.629. The number of aliphatic imine (C=N–C) groups is 1. The number of morpholine rings is 1. The summed E-state index contributed by atoms with van der Waals surface area (Å²) in [7, 11) is 0. The highest BCUT2D eigenvalue weighted by atomic mass is 16.5. The number of nitrogens with one attached hydrogen (secondary N) is 1. The zero-order valence-electron chi connectivity index (χ0n) is 19.6. The van der Waals surface area contributed by atoms with Gasteiger partial charge in [0.25, 0.3) is 0 Å². The molecule has 3 aliphatic heterocycles. The first-order chi connectivity index (χ1) is 15.2. The lowest BCUT2D eigenvalue weighted by Gasteiger charge is -2.33. The monoisotopic (exact) mass is 427 g/mol. The van der Waals surface area contributed by atoms with E-state index in [1.165, 1.54) is 43.4 Å². The second kappa shape index (κ2) is 11.3. The van der Waals surface area contributed by atoms with Crippen LogP contribution >= 0.6 is 0 Å². The minimum absolute atomic E-state index is 0.629. The minimum Gasteiger partial charge on any atom is -0.379 e. The number of hydrogen-bond acceptors (Lipinski definition) is 4. The lowest BCUT2D eigenvalue weighted by molar-refractivity contribution is 0.0195. The molecule has 3 aliphatic rings. The molecule has 0 bridgehead atoms. The van der Waals surface area contributed by atoms with Crippen molar-refractivity contribution in [2.24, 2.45) is 4.99 Å². The molecular formula is C25H41N5O. The van der Waals surface area contributed by atoms with Crippen molar-refractivity contribution in [3.05, 3.63) is 35.4 Å². The highest BCUT2D eigenvalue weighted by molar-refractivity contribution is 5.80. The molecule has 6 heteroatoms. The second-order valence-electron chi connectivity index (χ2n) is 9.34. The van der Waals surface area contributed by atoms with Crippen molar-refractivity contribution in [2.45, 2.75) is 64.7 Å². The van der Waals surface area contributed by atoms with Crippen LogP contribution in [0.1, 0.15) is 50.7 Å². The summed E-state index contributed by atoms with van der Waals surface area (Å²) >= 11 is 0. The van der Waals surface area contributed by atoms with Gasteiger partial charge in [-0.3, -0.25) is 9.80 Å². The van der Waals surface area contributed by atoms with Crippen LogP contribution in [0.2, 0.25) is 0 Å². The van der Waals surface area contributed by atoms with Crippen molar-refractivity contribution in [2.75, 3.05) is 52.5 Å². The van der Waals surface area contributed by atoms with Gasteiger partial charge < -0.3 is 15.0 Å². The maximum Gasteiger partial charge on any atom is 0.194 e. The Morgan fingerprint density at radius 3 is 2.55 bits per heavy atom. The summed E-state index contributed by atoms with van der Waals surface area (Å²) in [4.78, 5) is 12.6. The summed E-state index contributed by atoms with van der Waals surface area (Å²) in [6, 6.07) is 10.5. The number of piperidine rings is 1. The SMILES string of the molecule is CCNC(=NCc1ccc(CN2CCCCC2C)cc1)N1CCC(N2CCOCC2)C1. The van der Waals surface area contributed by atoms with Crippen LogP contribution in [0, 0.1) is 0 Å². The van der Waals surface area contributed by atoms with Crippen LogP contribution in [0.4, 0.5) is 0 Å². The third-order valence-corrected chi connectivity index (χ3v) is 7.12. The molecule has 0 radical (unpaired) electrons. The van der Waals surface area contributed by atoms with E-state index in [0.717, 1.165) is 65.0 Å². The Balaban J connectivity index is 1.32. The molecule has 0 saturated carbocycles. The molecular weight excluding hydrogens is 386 g/mol. The van der Waals surface area contributed by atoms with Crippen molar-refractivity contribution in [1.29, 1.82) is 0 Å². The van der Waals surface area contributed by atoms with E-state index in [2.05, 4.69) is 58.1 Å². The van der Waals surface area contributed by atoms with E-state index in [-0.39, 0.29) is 0 Å². The molecule has 3 heterocycles. The third kappa shape index (κ3) is 6.21. The molecule has 3 fully saturated rings. The summed E-state index contributed by atoms with van der Waals surface area (Å²) in [6.45, 7) is 14.5. The average molecular weight is 428 g/mol. The van der Waals surface area contributed by atoms with Crippen LogP contribution in [0.15, 0.2) is 29.3 Å². The summed E-state index contributed by atoms with van der Waals surface area (Å²) < 4.78 is 5.52. The number of benzene rings is 1. The van der Waals surface area contributed by atoms with Gasteiger partial charge in [0.05, 0.1) is 19.8 Å². The normalized spacial score (nSPS) is 26.4. The number of nitrogens with zero attached hydrogens (tertiary/aromatic N) is 4. The highest BCUT2D eigenvalue weighted by Crippen LogP contribution is 2.20. The average Bonchev–Trinajstić information content (AvgIpc) is 3.30. The van der Waals surface area contributed by atoms with Gasteiger partial charge in [0.2, 0.25) is 0 Å². The van der Waals surface area contributed by atoms with Crippen molar-refractivity contribution < 1.29 is 4.74 Å². The van der Waals surface area contributed by atoms with Crippen molar-refractivity contribution >= 4 is 5.96 Å². The van der Waals surface area contributed by atoms with Crippen LogP contribution in [-0.4, -0.2) is 85.2 Å². The van der Waals surface area contributed by atoms with Gasteiger partial charge in [-0.05, 0) is 50.8 Å². The van der Waals surface area contributed by atoms with E-state index in [4.69, 9.17) is 9.73 Å². The predicted molar refractivity (Wildman–Crippen MR) is 127 cm³/mol. The number of rotatable bonds is 6. The largest absolute Gasteiger partial charge is 0.379 e. The molecule has 0 amide bonds. The molecule has 3 saturated heterocycles. The molecule has 2 atom stereocenters. The van der Waals surface area contributed by atoms with E-state index < -0.39 is 0 Å². The van der Waals surface area contributed by atoms with Crippen molar-refractivity contribution in [3.63, 3.8) is 0 Å². The topological polar surface area (TPSA) is 43.3 Å². The fraction of sp³-hybridized carbons (Fsp3) is 0.720. The van der Waals surface area contributed by atoms with Gasteiger partial charge >= 0.3 is 0 Å². The third-order valence-electron chi connectivity index (χ3n) is 7.12. The molecule has 1 N–H and O–H groups in total. The molecule has 0 aromatic heterocycles. The molecule has 31 heavy (non-hydrogen) atoms. The Morgan fingerprint density at radius 2 is 1.81 bits per heavy atom. The highest BCUT2D eigenvalue weighted by Gasteiger charge is 2.30. The fourth-order valence-electron chi connectivity index (χ4n) is 5.14. The first-order valence-corrected chi connectivity index (χ1v) is 12.4. The Morgan fingerprint density at radius 1 is 1.03 bits per heavy atom. The first kappa shape index (κ1) is 22.6. The Hall–Kier alpha value is -1.63. The van der Waals surface area contributed by atoms with Gasteiger partial charge in [0.1, 0.15) is 0 Å². The molecule has 172 valence electrons. The van der Waals surface area contributed by atoms with Crippen molar-refractivity contribution in [3.8, 4) is 0 Å². The summed E-state index contributed by atoms with van der Waals surface area (Å²) in [5, 5.41) is 3.51. The van der Waals surface area contributed by atoms with Gasteiger partial charge in [-0.2, -0.15) is 0 Å². The van der Waals surface area contributed by atoms with Gasteiger partial charge in [-0.25, -0.2) is 4.99 Å². The quantitative estimate of drug-likeness (QED) is 0.559. The van der Waals surface area contributed by atoms with Gasteiger partial charge in [-0.1, -0.05) is 30.7 Å². The smallest absolute Gasteiger partial charge is 0.194 e. The van der Waals surface area contributed by atoms with Crippen LogP contribution in [0.25, 0.3) is 0 Å². The van der Waals surface area contributed by atoms with Crippen LogP contribution in [0.5, 0.6) is 0 Å². The standard InChI is InChI=1S/C25H41N5O/c1-3-26-25(30-13-11-24(20-30)28-14-16-31-17-15-28)27-18-22-7-9-23(10-8-22)19-29-12-5-4-6-21(29)2/h7-10,21,24H,3-6,11-20H2,1-2H3,(H,26,27). The van der Waals surface area contributed by atoms with Crippen molar-refractivity contribution in [1.82, 2.24) is 20.0 Å². The number of guanidine groups is 1. The fourth-order valence-corrected chi connectivity index (χ4v) is 5.14. The lowest BCUT2D eigenvalue weighted by atomic mass is 10.0. The van der Waals surface area contributed by atoms with Gasteiger partial charge in [0.15, 0.2) is 5.96 Å². The van der Waals surface area contributed by atoms with E-state index in [0.29, 0.717) is 12.1 Å². The maximum absolute atomic E-state index is 5.52. The molecule has 0 aliphatic carbocycles. The molecule has 1 aromatic carbocycles. The Labute approximate surface area is 188 Å². The molecule has 1 aromatic rings. The van der Waals surface area contributed by atoms with Crippen LogP contribution in [-0.2, 0) is 17.8 Å².